The average Bonchev–Trinajstić information content (AvgIpc) is 1.29. The highest BCUT2D eigenvalue weighted by Crippen LogP contribution is 2.66. The normalized spacial score (nSPS) is 16.5. The van der Waals surface area contributed by atoms with Crippen LogP contribution in [0.15, 0.2) is 116 Å². The Balaban J connectivity index is 0.713. The van der Waals surface area contributed by atoms with Crippen molar-refractivity contribution in [1.82, 2.24) is 30.4 Å². The number of nitrogens with two attached hydrogens (primary N) is 1. The number of hydrogen-bond acceptors (Lipinski definition) is 25. The quantitative estimate of drug-likeness (QED) is 0.00291. The number of azide groups is 1. The third-order valence-corrected chi connectivity index (χ3v) is 21.8. The molecule has 1 saturated heterocycles. The molecule has 0 saturated carbocycles. The summed E-state index contributed by atoms with van der Waals surface area (Å²) >= 11 is 1.31. The molecule has 4 aromatic carbocycles. The molecule has 6 atom stereocenters. The zero-order valence-electron chi connectivity index (χ0n) is 57.0. The van der Waals surface area contributed by atoms with Crippen LogP contribution in [0.4, 0.5) is 11.4 Å². The lowest BCUT2D eigenvalue weighted by Crippen LogP contribution is -2.36. The number of aryl methyl sites for hydroxylation is 1. The molecule has 9 rings (SSSR count). The Morgan fingerprint density at radius 2 is 1.68 bits per heavy atom. The number of ether oxygens (including phenoxy) is 5. The number of aromatic nitrogens is 2. The molecule has 6 unspecified atom stereocenters. The summed E-state index contributed by atoms with van der Waals surface area (Å²) in [7, 11) is -21.4. The maximum Gasteiger partial charge on any atom is 0.490 e. The number of nitrogen functional groups attached to an aromatic ring is 1. The number of fused-ring (bicyclic) bond motifs is 3. The summed E-state index contributed by atoms with van der Waals surface area (Å²) in [6, 6.07) is 25.2. The zero-order valence-corrected chi connectivity index (χ0v) is 61.3. The summed E-state index contributed by atoms with van der Waals surface area (Å²) in [6.45, 7) is 3.17. The van der Waals surface area contributed by atoms with E-state index >= 15 is 4.79 Å². The van der Waals surface area contributed by atoms with Crippen molar-refractivity contribution in [1.29, 1.82) is 0 Å². The number of nitrogens with zero attached hydrogens (tertiary/aromatic N) is 7. The number of phosphoric acid groups is 3. The number of anilines is 2. The van der Waals surface area contributed by atoms with Gasteiger partial charge in [-0.3, -0.25) is 37.6 Å². The van der Waals surface area contributed by atoms with Crippen LogP contribution in [0.2, 0.25) is 0 Å². The predicted octanol–water partition coefficient (Wildman–Crippen LogP) is 6.55. The minimum Gasteiger partial charge on any atom is -0.491 e. The maximum atomic E-state index is 15.0. The first kappa shape index (κ1) is 81.3. The van der Waals surface area contributed by atoms with Gasteiger partial charge in [-0.2, -0.15) is 17.0 Å². The molecule has 10 N–H and O–H groups in total. The van der Waals surface area contributed by atoms with Gasteiger partial charge in [0.05, 0.1) is 59.7 Å². The minimum absolute atomic E-state index is 0.00621. The number of pyridine rings is 1. The van der Waals surface area contributed by atoms with Gasteiger partial charge in [0, 0.05) is 110 Å². The number of hydrogen-bond donors (Lipinski definition) is 9. The maximum absolute atomic E-state index is 15.0. The molecule has 41 heteroatoms. The molecule has 5 heterocycles. The highest BCUT2D eigenvalue weighted by Gasteiger charge is 2.44. The van der Waals surface area contributed by atoms with Crippen molar-refractivity contribution in [2.45, 2.75) is 77.0 Å². The molecule has 106 heavy (non-hydrogen) atoms. The lowest BCUT2D eigenvalue weighted by molar-refractivity contribution is -0.126. The number of nitrogens with one attached hydrogen (secondary N) is 3. The number of carbonyl (C=O) groups excluding carboxylic acids is 4. The smallest absolute Gasteiger partial charge is 0.490 e. The van der Waals surface area contributed by atoms with Gasteiger partial charge in [0.1, 0.15) is 47.4 Å². The van der Waals surface area contributed by atoms with E-state index in [4.69, 9.17) is 53.1 Å². The van der Waals surface area contributed by atoms with Crippen LogP contribution in [0.1, 0.15) is 84.0 Å². The van der Waals surface area contributed by atoms with Crippen LogP contribution in [-0.2, 0) is 71.9 Å². The van der Waals surface area contributed by atoms with Gasteiger partial charge in [0.25, 0.3) is 27.5 Å². The Kier molecular flexibility index (Phi) is 28.5. The van der Waals surface area contributed by atoms with Crippen molar-refractivity contribution >= 4 is 101 Å². The van der Waals surface area contributed by atoms with E-state index < -0.39 is 112 Å². The molecule has 0 radical (unpaired) electrons. The molecule has 2 aliphatic rings. The number of rotatable bonds is 37. The molecule has 36 nitrogen and oxygen atoms in total. The van der Waals surface area contributed by atoms with Gasteiger partial charge in [0.15, 0.2) is 6.23 Å². The first-order valence-electron chi connectivity index (χ1n) is 32.9. The third kappa shape index (κ3) is 23.1. The molecule has 0 aliphatic carbocycles. The van der Waals surface area contributed by atoms with E-state index in [1.54, 1.807) is 43.3 Å². The number of carbonyl (C=O) groups is 4. The van der Waals surface area contributed by atoms with Gasteiger partial charge >= 0.3 is 29.1 Å². The Morgan fingerprint density at radius 1 is 0.915 bits per heavy atom. The number of benzene rings is 4. The van der Waals surface area contributed by atoms with Crippen LogP contribution in [0.3, 0.4) is 0 Å². The molecule has 0 spiro atoms. The van der Waals surface area contributed by atoms with Crippen molar-refractivity contribution in [2.75, 3.05) is 102 Å². The van der Waals surface area contributed by atoms with Crippen molar-refractivity contribution in [2.24, 2.45) is 5.11 Å². The van der Waals surface area contributed by atoms with Gasteiger partial charge in [-0.25, -0.2) is 23.5 Å². The summed E-state index contributed by atoms with van der Waals surface area (Å²) in [5, 5.41) is 12.6. The molecule has 4 amide bonds. The first-order chi connectivity index (χ1) is 50.5. The van der Waals surface area contributed by atoms with E-state index in [1.807, 2.05) is 36.4 Å². The standard InChI is InChI=1S/C65H76N11O25P3S2/c1-3-74-26-11-16-41-33-47-51(35-50(41)74)99-65(82)61(63-71-49-20-7-8-21-54(49)105-63)60(47)45-18-5-6-19-46(45)64(81)75(28-13-31-106(90,91)92)27-12-22-55(77)69-24-25-70-62(80)42-14-9-17-44(32-42)96-40-57(72-73-67)95-30-29-93-39-56(78)68-23-10-15-43-37-76(58(79)34-48(43)66)59-36-52(94-4-2)53(98-59)38-97-103(86,87)101-104(88,89)100-102(83,84)85/h5-9,14,17-21,32-35,37,52-53,57,59H,3-4,11-13,16,22-31,36,38-40,66H2,1-2H3,(H,68,78)(H,69,77)(H,70,80)(H,86,87)(H,88,89)(H2,83,84,85)(H,90,91,92). The van der Waals surface area contributed by atoms with Crippen LogP contribution >= 0.6 is 34.8 Å². The summed E-state index contributed by atoms with van der Waals surface area (Å²) < 4.78 is 117. The Hall–Kier alpha value is -8.76. The highest BCUT2D eigenvalue weighted by atomic mass is 32.2. The zero-order chi connectivity index (χ0) is 76.3. The summed E-state index contributed by atoms with van der Waals surface area (Å²) in [4.78, 5) is 130. The van der Waals surface area contributed by atoms with E-state index in [9.17, 15) is 66.0 Å². The highest BCUT2D eigenvalue weighted by molar-refractivity contribution is 7.85. The van der Waals surface area contributed by atoms with Gasteiger partial charge in [-0.1, -0.05) is 53.4 Å². The fourth-order valence-electron chi connectivity index (χ4n) is 11.5. The SMILES string of the molecule is CCOC1CC(n2cc(C#CCNC(=O)COCCOC(COc3cccc(C(=O)NCCNC(=O)CCCN(CCCS(=O)(=O)O)C(=O)c4ccccc4-c4c(-c5nc6ccccc6s5)c(=O)oc5cc6c(cc45)CCCN6CC)c3)N=[N+]=[N-])c(N)cc2=O)OC1COP(=O)(O)OP(=O)(O)OP(=O)(O)O. The lowest BCUT2D eigenvalue weighted by atomic mass is 9.90. The van der Waals surface area contributed by atoms with Crippen LogP contribution in [-0.4, -0.2) is 180 Å². The molecule has 0 bridgehead atoms. The van der Waals surface area contributed by atoms with Crippen molar-refractivity contribution in [3.8, 4) is 39.3 Å². The van der Waals surface area contributed by atoms with E-state index in [0.717, 1.165) is 52.5 Å². The van der Waals surface area contributed by atoms with Crippen molar-refractivity contribution in [3.63, 3.8) is 0 Å². The number of phosphoric ester groups is 1. The second-order valence-corrected chi connectivity index (χ2v) is 30.6. The summed E-state index contributed by atoms with van der Waals surface area (Å²) in [6.07, 6.45) is -1.52. The van der Waals surface area contributed by atoms with Gasteiger partial charge < -0.3 is 79.2 Å². The first-order valence-corrected chi connectivity index (χ1v) is 39.9. The Bertz CT molecular complexity index is 4850. The van der Waals surface area contributed by atoms with Gasteiger partial charge in [-0.15, -0.1) is 11.3 Å². The Labute approximate surface area is 609 Å². The minimum atomic E-state index is -5.79. The molecular weight excluding hydrogens is 1490 g/mol. The van der Waals surface area contributed by atoms with Crippen LogP contribution in [0, 0.1) is 11.8 Å². The van der Waals surface area contributed by atoms with Crippen molar-refractivity contribution < 1.29 is 107 Å². The number of amides is 4. The van der Waals surface area contributed by atoms with Gasteiger partial charge in [0.2, 0.25) is 11.8 Å². The largest absolute Gasteiger partial charge is 0.491 e. The van der Waals surface area contributed by atoms with Crippen LogP contribution in [0.5, 0.6) is 5.75 Å². The molecular formula is C65H76N11O25P3S2. The third-order valence-electron chi connectivity index (χ3n) is 16.2. The second kappa shape index (κ2) is 37.2. The van der Waals surface area contributed by atoms with Crippen LogP contribution < -0.4 is 42.5 Å². The molecule has 3 aromatic heterocycles. The topological polar surface area (TPSA) is 511 Å². The van der Waals surface area contributed by atoms with E-state index in [-0.39, 0.29) is 119 Å². The molecule has 568 valence electrons. The monoisotopic (exact) mass is 1570 g/mol. The average molecular weight is 1570 g/mol. The van der Waals surface area contributed by atoms with Gasteiger partial charge in [-0.05, 0) is 98.7 Å². The van der Waals surface area contributed by atoms with E-state index in [1.165, 1.54) is 34.6 Å². The second-order valence-electron chi connectivity index (χ2n) is 23.6. The molecule has 7 aromatic rings. The summed E-state index contributed by atoms with van der Waals surface area (Å²) in [5.74, 6) is 2.97. The summed E-state index contributed by atoms with van der Waals surface area (Å²) in [5.41, 5.74) is 18.4. The molecule has 1 fully saturated rings. The van der Waals surface area contributed by atoms with Crippen LogP contribution in [0.25, 0.3) is 53.3 Å². The molecule has 2 aliphatic heterocycles. The fraction of sp³-hybridized carbons (Fsp3) is 0.400. The fourth-order valence-corrected chi connectivity index (χ4v) is 16.1. The Morgan fingerprint density at radius 3 is 2.43 bits per heavy atom. The number of thiazole rings is 1. The predicted molar refractivity (Wildman–Crippen MR) is 385 cm³/mol. The number of para-hydroxylation sites is 1. The van der Waals surface area contributed by atoms with Crippen molar-refractivity contribution in [3.05, 3.63) is 151 Å². The van der Waals surface area contributed by atoms with E-state index in [0.29, 0.717) is 32.6 Å². The van der Waals surface area contributed by atoms with E-state index in [2.05, 4.69) is 58.3 Å². The lowest BCUT2D eigenvalue weighted by Gasteiger charge is -2.30.